The number of rotatable bonds is 8. The summed E-state index contributed by atoms with van der Waals surface area (Å²) in [4.78, 5) is 27.9. The van der Waals surface area contributed by atoms with Gasteiger partial charge >= 0.3 is 0 Å². The van der Waals surface area contributed by atoms with Crippen LogP contribution in [-0.4, -0.2) is 34.9 Å². The van der Waals surface area contributed by atoms with E-state index in [1.165, 1.54) is 0 Å². The number of nitrogens with one attached hydrogen (secondary N) is 1. The number of amides is 2. The number of benzene rings is 2. The van der Waals surface area contributed by atoms with Gasteiger partial charge in [-0.25, -0.2) is 0 Å². The summed E-state index contributed by atoms with van der Waals surface area (Å²) in [5, 5.41) is 3.70. The molecule has 0 bridgehead atoms. The van der Waals surface area contributed by atoms with Crippen molar-refractivity contribution >= 4 is 23.4 Å². The number of carbonyl (C=O) groups excluding carboxylic acids is 2. The smallest absolute Gasteiger partial charge is 0.261 e. The van der Waals surface area contributed by atoms with Gasteiger partial charge in [0, 0.05) is 17.1 Å². The highest BCUT2D eigenvalue weighted by atomic mass is 35.5. The fourth-order valence-electron chi connectivity index (χ4n) is 3.48. The lowest BCUT2D eigenvalue weighted by molar-refractivity contribution is -0.143. The van der Waals surface area contributed by atoms with Crippen LogP contribution in [0.1, 0.15) is 56.4 Å². The first-order chi connectivity index (χ1) is 14.9. The molecule has 1 N–H and O–H groups in total. The second kappa shape index (κ2) is 10.9. The van der Waals surface area contributed by atoms with Crippen LogP contribution in [0, 0.1) is 20.8 Å². The molecular formula is C26H35ClN2O3. The van der Waals surface area contributed by atoms with E-state index < -0.39 is 11.6 Å². The number of aryl methyl sites for hydroxylation is 3. The molecule has 2 amide bonds. The summed E-state index contributed by atoms with van der Waals surface area (Å²) in [6.45, 7) is 13.7. The van der Waals surface area contributed by atoms with Gasteiger partial charge in [-0.2, -0.15) is 0 Å². The van der Waals surface area contributed by atoms with E-state index >= 15 is 0 Å². The van der Waals surface area contributed by atoms with Crippen molar-refractivity contribution in [1.82, 2.24) is 10.2 Å². The summed E-state index contributed by atoms with van der Waals surface area (Å²) in [7, 11) is 0. The standard InChI is InChI=1S/C26H35ClN2O3/c1-8-22(25(31)28-26(5,6)7)29(15-20-11-9-17(2)10-12-20)23(30)16-32-21-13-18(3)24(27)19(4)14-21/h9-14,22H,8,15-16H2,1-7H3,(H,28,31)/t22-/m0/s1. The molecule has 0 fully saturated rings. The molecule has 0 unspecified atom stereocenters. The highest BCUT2D eigenvalue weighted by Crippen LogP contribution is 2.26. The molecule has 2 rings (SSSR count). The number of halogens is 1. The maximum atomic E-state index is 13.3. The van der Waals surface area contributed by atoms with E-state index in [-0.39, 0.29) is 18.4 Å². The van der Waals surface area contributed by atoms with Gasteiger partial charge in [0.2, 0.25) is 5.91 Å². The highest BCUT2D eigenvalue weighted by Gasteiger charge is 2.30. The molecular weight excluding hydrogens is 424 g/mol. The third-order valence-corrected chi connectivity index (χ3v) is 5.73. The average Bonchev–Trinajstić information content (AvgIpc) is 2.70. The lowest BCUT2D eigenvalue weighted by atomic mass is 10.1. The van der Waals surface area contributed by atoms with Crippen LogP contribution in [0.15, 0.2) is 36.4 Å². The van der Waals surface area contributed by atoms with Crippen molar-refractivity contribution in [2.75, 3.05) is 6.61 Å². The van der Waals surface area contributed by atoms with Crippen molar-refractivity contribution in [3.05, 3.63) is 63.7 Å². The first kappa shape index (κ1) is 25.7. The second-order valence-corrected chi connectivity index (χ2v) is 9.71. The van der Waals surface area contributed by atoms with E-state index in [1.54, 1.807) is 4.90 Å². The predicted molar refractivity (Wildman–Crippen MR) is 130 cm³/mol. The highest BCUT2D eigenvalue weighted by molar-refractivity contribution is 6.32. The molecule has 0 aromatic heterocycles. The molecule has 5 nitrogen and oxygen atoms in total. The van der Waals surface area contributed by atoms with E-state index in [0.29, 0.717) is 23.7 Å². The number of carbonyl (C=O) groups is 2. The Balaban J connectivity index is 2.26. The van der Waals surface area contributed by atoms with E-state index in [9.17, 15) is 9.59 Å². The second-order valence-electron chi connectivity index (χ2n) is 9.33. The maximum Gasteiger partial charge on any atom is 0.261 e. The molecule has 0 spiro atoms. The zero-order valence-electron chi connectivity index (χ0n) is 20.2. The van der Waals surface area contributed by atoms with Crippen molar-refractivity contribution in [2.45, 2.75) is 73.0 Å². The molecule has 32 heavy (non-hydrogen) atoms. The van der Waals surface area contributed by atoms with Gasteiger partial charge in [0.1, 0.15) is 11.8 Å². The average molecular weight is 459 g/mol. The van der Waals surface area contributed by atoms with Crippen LogP contribution in [0.25, 0.3) is 0 Å². The Morgan fingerprint density at radius 2 is 1.62 bits per heavy atom. The van der Waals surface area contributed by atoms with Gasteiger partial charge in [-0.3, -0.25) is 9.59 Å². The summed E-state index contributed by atoms with van der Waals surface area (Å²) in [6.07, 6.45) is 0.499. The van der Waals surface area contributed by atoms with Gasteiger partial charge in [0.15, 0.2) is 6.61 Å². The molecule has 6 heteroatoms. The molecule has 0 saturated heterocycles. The Kier molecular flexibility index (Phi) is 8.73. The Hall–Kier alpha value is -2.53. The molecule has 174 valence electrons. The van der Waals surface area contributed by atoms with E-state index in [2.05, 4.69) is 5.32 Å². The van der Waals surface area contributed by atoms with Crippen LogP contribution in [0.2, 0.25) is 5.02 Å². The SMILES string of the molecule is CC[C@@H](C(=O)NC(C)(C)C)N(Cc1ccc(C)cc1)C(=O)COc1cc(C)c(Cl)c(C)c1. The van der Waals surface area contributed by atoms with Gasteiger partial charge in [-0.1, -0.05) is 48.4 Å². The number of nitrogens with zero attached hydrogens (tertiary/aromatic N) is 1. The lowest BCUT2D eigenvalue weighted by Crippen LogP contribution is -2.54. The molecule has 2 aromatic carbocycles. The summed E-state index contributed by atoms with van der Waals surface area (Å²) < 4.78 is 5.82. The minimum absolute atomic E-state index is 0.161. The Bertz CT molecular complexity index is 926. The largest absolute Gasteiger partial charge is 0.484 e. The van der Waals surface area contributed by atoms with Crippen LogP contribution in [-0.2, 0) is 16.1 Å². The van der Waals surface area contributed by atoms with E-state index in [1.807, 2.05) is 84.9 Å². The van der Waals surface area contributed by atoms with E-state index in [0.717, 1.165) is 22.3 Å². The fourth-order valence-corrected chi connectivity index (χ4v) is 3.59. The monoisotopic (exact) mass is 458 g/mol. The quantitative estimate of drug-likeness (QED) is 0.578. The summed E-state index contributed by atoms with van der Waals surface area (Å²) in [6, 6.07) is 11.0. The Labute approximate surface area is 197 Å². The number of hydrogen-bond donors (Lipinski definition) is 1. The predicted octanol–water partition coefficient (Wildman–Crippen LogP) is 5.37. The van der Waals surface area contributed by atoms with Crippen molar-refractivity contribution < 1.29 is 14.3 Å². The van der Waals surface area contributed by atoms with Crippen LogP contribution in [0.4, 0.5) is 0 Å². The topological polar surface area (TPSA) is 58.6 Å². The normalized spacial score (nSPS) is 12.2. The summed E-state index contributed by atoms with van der Waals surface area (Å²) in [5.74, 6) is 0.172. The van der Waals surface area contributed by atoms with Gasteiger partial charge in [-0.05, 0) is 76.8 Å². The third-order valence-electron chi connectivity index (χ3n) is 5.13. The molecule has 2 aromatic rings. The van der Waals surface area contributed by atoms with Gasteiger partial charge in [0.05, 0.1) is 0 Å². The molecule has 0 aliphatic carbocycles. The molecule has 0 aliphatic heterocycles. The maximum absolute atomic E-state index is 13.3. The third kappa shape index (κ3) is 7.27. The van der Waals surface area contributed by atoms with Crippen LogP contribution >= 0.6 is 11.6 Å². The first-order valence-electron chi connectivity index (χ1n) is 11.0. The fraction of sp³-hybridized carbons (Fsp3) is 0.462. The van der Waals surface area contributed by atoms with Crippen molar-refractivity contribution in [3.63, 3.8) is 0 Å². The molecule has 0 radical (unpaired) electrons. The molecule has 0 aliphatic rings. The minimum Gasteiger partial charge on any atom is -0.484 e. The Morgan fingerprint density at radius 3 is 2.12 bits per heavy atom. The van der Waals surface area contributed by atoms with E-state index in [4.69, 9.17) is 16.3 Å². The van der Waals surface area contributed by atoms with Gasteiger partial charge < -0.3 is 15.0 Å². The first-order valence-corrected chi connectivity index (χ1v) is 11.4. The summed E-state index contributed by atoms with van der Waals surface area (Å²) >= 11 is 6.24. The Morgan fingerprint density at radius 1 is 1.06 bits per heavy atom. The van der Waals surface area contributed by atoms with Crippen molar-refractivity contribution in [3.8, 4) is 5.75 Å². The van der Waals surface area contributed by atoms with Crippen LogP contribution in [0.5, 0.6) is 5.75 Å². The van der Waals surface area contributed by atoms with Gasteiger partial charge in [0.25, 0.3) is 5.91 Å². The van der Waals surface area contributed by atoms with Crippen LogP contribution in [0.3, 0.4) is 0 Å². The zero-order valence-corrected chi connectivity index (χ0v) is 21.0. The molecule has 0 heterocycles. The number of hydrogen-bond acceptors (Lipinski definition) is 3. The molecule has 1 atom stereocenters. The van der Waals surface area contributed by atoms with Crippen LogP contribution < -0.4 is 10.1 Å². The minimum atomic E-state index is -0.597. The number of ether oxygens (including phenoxy) is 1. The van der Waals surface area contributed by atoms with Gasteiger partial charge in [-0.15, -0.1) is 0 Å². The molecule has 0 saturated carbocycles. The zero-order chi connectivity index (χ0) is 24.1. The lowest BCUT2D eigenvalue weighted by Gasteiger charge is -2.33. The van der Waals surface area contributed by atoms with Crippen molar-refractivity contribution in [1.29, 1.82) is 0 Å². The summed E-state index contributed by atoms with van der Waals surface area (Å²) in [5.41, 5.74) is 3.49. The van der Waals surface area contributed by atoms with Crippen molar-refractivity contribution in [2.24, 2.45) is 0 Å².